The van der Waals surface area contributed by atoms with Crippen LogP contribution in [0.4, 0.5) is 0 Å². The van der Waals surface area contributed by atoms with Gasteiger partial charge in [0.15, 0.2) is 11.1 Å². The first-order valence-electron chi connectivity index (χ1n) is 5.27. The SMILES string of the molecule is C#CCN(CC1OC(C)C(C)O1)C(=O)C(Cl)Cl. The minimum absolute atomic E-state index is 0.00872. The van der Waals surface area contributed by atoms with Crippen LogP contribution in [0.5, 0.6) is 0 Å². The lowest BCUT2D eigenvalue weighted by molar-refractivity contribution is -0.136. The van der Waals surface area contributed by atoms with E-state index in [4.69, 9.17) is 39.1 Å². The zero-order valence-electron chi connectivity index (χ0n) is 9.73. The Balaban J connectivity index is 2.56. The van der Waals surface area contributed by atoms with Crippen LogP contribution >= 0.6 is 23.2 Å². The van der Waals surface area contributed by atoms with Gasteiger partial charge in [-0.3, -0.25) is 4.79 Å². The fourth-order valence-electron chi connectivity index (χ4n) is 1.48. The first kappa shape index (κ1) is 14.6. The van der Waals surface area contributed by atoms with Crippen LogP contribution in [0.2, 0.25) is 0 Å². The van der Waals surface area contributed by atoms with Gasteiger partial charge in [0.25, 0.3) is 5.91 Å². The Morgan fingerprint density at radius 1 is 1.41 bits per heavy atom. The van der Waals surface area contributed by atoms with Gasteiger partial charge in [0, 0.05) is 0 Å². The lowest BCUT2D eigenvalue weighted by Crippen LogP contribution is -2.41. The Morgan fingerprint density at radius 2 is 1.94 bits per heavy atom. The highest BCUT2D eigenvalue weighted by Crippen LogP contribution is 2.19. The van der Waals surface area contributed by atoms with Crippen LogP contribution in [0.3, 0.4) is 0 Å². The summed E-state index contributed by atoms with van der Waals surface area (Å²) in [6.07, 6.45) is 4.69. The monoisotopic (exact) mass is 279 g/mol. The third-order valence-corrected chi connectivity index (χ3v) is 2.92. The van der Waals surface area contributed by atoms with E-state index < -0.39 is 17.0 Å². The van der Waals surface area contributed by atoms with Crippen molar-refractivity contribution in [1.82, 2.24) is 4.90 Å². The van der Waals surface area contributed by atoms with Crippen molar-refractivity contribution in [2.45, 2.75) is 37.2 Å². The third-order valence-electron chi connectivity index (χ3n) is 2.54. The van der Waals surface area contributed by atoms with E-state index in [1.165, 1.54) is 4.90 Å². The topological polar surface area (TPSA) is 38.8 Å². The zero-order valence-corrected chi connectivity index (χ0v) is 11.2. The second-order valence-corrected chi connectivity index (χ2v) is 4.93. The number of terminal acetylenes is 1. The van der Waals surface area contributed by atoms with E-state index >= 15 is 0 Å². The molecule has 0 saturated carbocycles. The molecule has 0 aromatic carbocycles. The highest BCUT2D eigenvalue weighted by molar-refractivity contribution is 6.53. The van der Waals surface area contributed by atoms with Gasteiger partial charge in [-0.1, -0.05) is 29.1 Å². The average Bonchev–Trinajstić information content (AvgIpc) is 2.56. The molecule has 2 atom stereocenters. The predicted molar refractivity (Wildman–Crippen MR) is 65.8 cm³/mol. The van der Waals surface area contributed by atoms with Crippen LogP contribution in [-0.2, 0) is 14.3 Å². The molecule has 1 fully saturated rings. The fourth-order valence-corrected chi connectivity index (χ4v) is 1.75. The Morgan fingerprint density at radius 3 is 2.35 bits per heavy atom. The van der Waals surface area contributed by atoms with E-state index in [9.17, 15) is 4.79 Å². The van der Waals surface area contributed by atoms with E-state index in [0.29, 0.717) is 0 Å². The molecule has 0 aromatic heterocycles. The minimum atomic E-state index is -1.13. The van der Waals surface area contributed by atoms with E-state index in [-0.39, 0.29) is 25.3 Å². The van der Waals surface area contributed by atoms with Crippen molar-refractivity contribution in [2.24, 2.45) is 0 Å². The van der Waals surface area contributed by atoms with Gasteiger partial charge in [-0.2, -0.15) is 0 Å². The van der Waals surface area contributed by atoms with Crippen LogP contribution in [-0.4, -0.2) is 47.2 Å². The van der Waals surface area contributed by atoms with E-state index in [2.05, 4.69) is 5.92 Å². The van der Waals surface area contributed by atoms with Gasteiger partial charge < -0.3 is 14.4 Å². The summed E-state index contributed by atoms with van der Waals surface area (Å²) in [7, 11) is 0. The molecule has 96 valence electrons. The van der Waals surface area contributed by atoms with Gasteiger partial charge in [0.1, 0.15) is 0 Å². The molecule has 6 heteroatoms. The maximum Gasteiger partial charge on any atom is 0.256 e. The number of rotatable bonds is 4. The molecule has 1 heterocycles. The third kappa shape index (κ3) is 4.04. The van der Waals surface area contributed by atoms with Gasteiger partial charge in [-0.15, -0.1) is 6.42 Å². The molecule has 1 aliphatic heterocycles. The van der Waals surface area contributed by atoms with Gasteiger partial charge in [-0.05, 0) is 13.8 Å². The summed E-state index contributed by atoms with van der Waals surface area (Å²) in [6, 6.07) is 0. The molecule has 17 heavy (non-hydrogen) atoms. The van der Waals surface area contributed by atoms with Gasteiger partial charge in [0.05, 0.1) is 25.3 Å². The maximum absolute atomic E-state index is 11.6. The Bertz CT molecular complexity index is 306. The lowest BCUT2D eigenvalue weighted by Gasteiger charge is -2.23. The molecule has 2 unspecified atom stereocenters. The number of nitrogens with zero attached hydrogens (tertiary/aromatic N) is 1. The molecule has 0 bridgehead atoms. The van der Waals surface area contributed by atoms with Crippen LogP contribution in [0, 0.1) is 12.3 Å². The summed E-state index contributed by atoms with van der Waals surface area (Å²) >= 11 is 11.1. The number of hydrogen-bond acceptors (Lipinski definition) is 3. The molecule has 4 nitrogen and oxygen atoms in total. The molecule has 0 spiro atoms. The first-order valence-corrected chi connectivity index (χ1v) is 6.14. The van der Waals surface area contributed by atoms with Crippen LogP contribution in [0.15, 0.2) is 0 Å². The molecule has 1 amide bonds. The number of hydrogen-bond donors (Lipinski definition) is 0. The van der Waals surface area contributed by atoms with Crippen LogP contribution in [0.25, 0.3) is 0 Å². The molecular formula is C11H15Cl2NO3. The molecule has 0 aromatic rings. The van der Waals surface area contributed by atoms with E-state index in [1.807, 2.05) is 13.8 Å². The molecule has 1 aliphatic rings. The highest BCUT2D eigenvalue weighted by Gasteiger charge is 2.32. The summed E-state index contributed by atoms with van der Waals surface area (Å²) in [5.41, 5.74) is 0. The molecule has 1 saturated heterocycles. The number of ether oxygens (including phenoxy) is 2. The maximum atomic E-state index is 11.6. The summed E-state index contributed by atoms with van der Waals surface area (Å²) in [6.45, 7) is 4.17. The largest absolute Gasteiger partial charge is 0.345 e. The van der Waals surface area contributed by atoms with Crippen LogP contribution in [0.1, 0.15) is 13.8 Å². The van der Waals surface area contributed by atoms with Gasteiger partial charge >= 0.3 is 0 Å². The van der Waals surface area contributed by atoms with Crippen molar-refractivity contribution < 1.29 is 14.3 Å². The number of halogens is 2. The first-order chi connectivity index (χ1) is 7.95. The van der Waals surface area contributed by atoms with Crippen molar-refractivity contribution in [3.05, 3.63) is 0 Å². The van der Waals surface area contributed by atoms with Gasteiger partial charge in [-0.25, -0.2) is 0 Å². The van der Waals surface area contributed by atoms with Crippen molar-refractivity contribution in [1.29, 1.82) is 0 Å². The normalized spacial score (nSPS) is 28.1. The number of alkyl halides is 2. The lowest BCUT2D eigenvalue weighted by atomic mass is 10.3. The van der Waals surface area contributed by atoms with Crippen molar-refractivity contribution >= 4 is 29.1 Å². The minimum Gasteiger partial charge on any atom is -0.345 e. The Kier molecular flexibility index (Phi) is 5.54. The van der Waals surface area contributed by atoms with E-state index in [0.717, 1.165) is 0 Å². The molecule has 0 radical (unpaired) electrons. The zero-order chi connectivity index (χ0) is 13.0. The second-order valence-electron chi connectivity index (χ2n) is 3.84. The van der Waals surface area contributed by atoms with Crippen LogP contribution < -0.4 is 0 Å². The number of carbonyl (C=O) groups excluding carboxylic acids is 1. The quantitative estimate of drug-likeness (QED) is 0.577. The molecule has 1 rings (SSSR count). The highest BCUT2D eigenvalue weighted by atomic mass is 35.5. The van der Waals surface area contributed by atoms with Crippen molar-refractivity contribution in [2.75, 3.05) is 13.1 Å². The molecule has 0 aliphatic carbocycles. The fraction of sp³-hybridized carbons (Fsp3) is 0.727. The van der Waals surface area contributed by atoms with Gasteiger partial charge in [0.2, 0.25) is 0 Å². The summed E-state index contributed by atoms with van der Waals surface area (Å²) < 4.78 is 11.0. The second kappa shape index (κ2) is 6.46. The number of amides is 1. The smallest absolute Gasteiger partial charge is 0.256 e. The molecule has 0 N–H and O–H groups in total. The Hall–Kier alpha value is -0.470. The van der Waals surface area contributed by atoms with Crippen molar-refractivity contribution in [3.8, 4) is 12.3 Å². The summed E-state index contributed by atoms with van der Waals surface area (Å²) in [5.74, 6) is 1.94. The summed E-state index contributed by atoms with van der Waals surface area (Å²) in [4.78, 5) is 11.9. The molecular weight excluding hydrogens is 265 g/mol. The van der Waals surface area contributed by atoms with Crippen molar-refractivity contribution in [3.63, 3.8) is 0 Å². The predicted octanol–water partition coefficient (Wildman–Crippen LogP) is 1.40. The average molecular weight is 280 g/mol. The summed E-state index contributed by atoms with van der Waals surface area (Å²) in [5, 5.41) is 0. The standard InChI is InChI=1S/C11H15Cl2NO3/c1-4-5-14(11(15)10(12)13)6-9-16-7(2)8(3)17-9/h1,7-10H,5-6H2,2-3H3. The van der Waals surface area contributed by atoms with E-state index in [1.54, 1.807) is 0 Å². The Labute approximate surface area is 111 Å². The number of carbonyl (C=O) groups is 1.